The quantitative estimate of drug-likeness (QED) is 0.173. The Morgan fingerprint density at radius 2 is 0.833 bits per heavy atom. The molecule has 254 valence electrons. The van der Waals surface area contributed by atoms with Gasteiger partial charge in [0.15, 0.2) is 5.82 Å². The molecule has 7 aromatic carbocycles. The van der Waals surface area contributed by atoms with Crippen LogP contribution in [0.15, 0.2) is 182 Å². The van der Waals surface area contributed by atoms with Crippen LogP contribution in [-0.2, 0) is 0 Å². The number of thiophene rings is 1. The van der Waals surface area contributed by atoms with Crippen molar-refractivity contribution >= 4 is 42.4 Å². The van der Waals surface area contributed by atoms with E-state index < -0.39 is 0 Å². The van der Waals surface area contributed by atoms with Gasteiger partial charge in [0.2, 0.25) is 0 Å². The van der Waals surface area contributed by atoms with E-state index in [1.807, 2.05) is 23.5 Å². The Morgan fingerprint density at radius 1 is 0.370 bits per heavy atom. The van der Waals surface area contributed by atoms with Crippen LogP contribution in [0.3, 0.4) is 0 Å². The van der Waals surface area contributed by atoms with Crippen LogP contribution in [0.25, 0.3) is 98.5 Å². The maximum atomic E-state index is 5.27. The largest absolute Gasteiger partial charge is 0.247 e. The normalized spacial score (nSPS) is 11.4. The molecule has 10 aromatic rings. The molecule has 0 fully saturated rings. The number of nitrogens with zero attached hydrogens (tertiary/aromatic N) is 3. The van der Waals surface area contributed by atoms with Gasteiger partial charge in [-0.05, 0) is 47.4 Å². The van der Waals surface area contributed by atoms with Gasteiger partial charge in [-0.25, -0.2) is 15.0 Å². The van der Waals surface area contributed by atoms with Crippen LogP contribution in [0.4, 0.5) is 0 Å². The van der Waals surface area contributed by atoms with Crippen LogP contribution < -0.4 is 0 Å². The number of fused-ring (bicyclic) bond motifs is 5. The third-order valence-corrected chi connectivity index (χ3v) is 11.5. The summed E-state index contributed by atoms with van der Waals surface area (Å²) in [5, 5.41) is 3.65. The van der Waals surface area contributed by atoms with Gasteiger partial charge in [0.05, 0.1) is 22.6 Å². The molecule has 3 nitrogen and oxygen atoms in total. The zero-order chi connectivity index (χ0) is 36.0. The highest BCUT2D eigenvalue weighted by atomic mass is 32.1. The molecule has 0 spiro atoms. The zero-order valence-corrected chi connectivity index (χ0v) is 30.4. The van der Waals surface area contributed by atoms with Crippen LogP contribution in [0.1, 0.15) is 5.56 Å². The molecule has 0 aliphatic heterocycles. The van der Waals surface area contributed by atoms with Crippen molar-refractivity contribution in [2.75, 3.05) is 0 Å². The van der Waals surface area contributed by atoms with E-state index in [4.69, 9.17) is 15.0 Å². The maximum absolute atomic E-state index is 5.27. The molecule has 10 rings (SSSR count). The molecule has 0 aliphatic carbocycles. The Balaban J connectivity index is 1.06. The van der Waals surface area contributed by atoms with Gasteiger partial charge in [-0.1, -0.05) is 164 Å². The minimum atomic E-state index is 0.711. The van der Waals surface area contributed by atoms with Crippen molar-refractivity contribution in [2.45, 2.75) is 6.92 Å². The van der Waals surface area contributed by atoms with Gasteiger partial charge < -0.3 is 0 Å². The summed E-state index contributed by atoms with van der Waals surface area (Å²) in [4.78, 5) is 15.6. The highest BCUT2D eigenvalue weighted by Crippen LogP contribution is 2.43. The van der Waals surface area contributed by atoms with Gasteiger partial charge in [-0.15, -0.1) is 11.3 Å². The lowest BCUT2D eigenvalue weighted by molar-refractivity contribution is 1.15. The van der Waals surface area contributed by atoms with E-state index in [-0.39, 0.29) is 0 Å². The number of pyridine rings is 1. The number of benzene rings is 7. The van der Waals surface area contributed by atoms with E-state index in [9.17, 15) is 0 Å². The summed E-state index contributed by atoms with van der Waals surface area (Å²) in [6.45, 7) is 2.13. The lowest BCUT2D eigenvalue weighted by atomic mass is 9.97. The van der Waals surface area contributed by atoms with Crippen LogP contribution in [0.5, 0.6) is 0 Å². The topological polar surface area (TPSA) is 38.7 Å². The highest BCUT2D eigenvalue weighted by molar-refractivity contribution is 7.26. The molecular weight excluding hydrogens is 675 g/mol. The predicted octanol–water partition coefficient (Wildman–Crippen LogP) is 13.7. The molecule has 0 unspecified atom stereocenters. The second kappa shape index (κ2) is 13.3. The molecule has 0 saturated heterocycles. The van der Waals surface area contributed by atoms with Crippen LogP contribution in [0.2, 0.25) is 0 Å². The highest BCUT2D eigenvalue weighted by Gasteiger charge is 2.18. The standard InChI is InChI=1S/C50H33N3S/c1-32-46(36-15-7-3-8-16-36)52-50(39-27-23-34(24-28-39)33-13-5-2-6-14-33)53-47(32)38-25-21-35(22-26-38)40-29-30-43-42(31-40)49-45(41-19-11-12-20-44(41)54-49)48(51-43)37-17-9-4-10-18-37/h2-31H,1H3. The summed E-state index contributed by atoms with van der Waals surface area (Å²) in [7, 11) is 0. The minimum absolute atomic E-state index is 0.711. The monoisotopic (exact) mass is 707 g/mol. The Labute approximate surface area is 317 Å². The van der Waals surface area contributed by atoms with Gasteiger partial charge in [-0.3, -0.25) is 0 Å². The zero-order valence-electron chi connectivity index (χ0n) is 29.6. The summed E-state index contributed by atoms with van der Waals surface area (Å²) in [6, 6.07) is 64.1. The fourth-order valence-corrected chi connectivity index (χ4v) is 8.74. The van der Waals surface area contributed by atoms with E-state index in [1.54, 1.807) is 0 Å². The second-order valence-electron chi connectivity index (χ2n) is 13.6. The molecule has 0 saturated carbocycles. The molecule has 3 heterocycles. The molecule has 54 heavy (non-hydrogen) atoms. The molecule has 0 bridgehead atoms. The fourth-order valence-electron chi connectivity index (χ4n) is 7.51. The summed E-state index contributed by atoms with van der Waals surface area (Å²) >= 11 is 1.85. The van der Waals surface area contributed by atoms with Crippen molar-refractivity contribution < 1.29 is 0 Å². The van der Waals surface area contributed by atoms with E-state index in [1.165, 1.54) is 36.7 Å². The Kier molecular flexibility index (Phi) is 7.89. The third kappa shape index (κ3) is 5.65. The summed E-state index contributed by atoms with van der Waals surface area (Å²) < 4.78 is 2.54. The van der Waals surface area contributed by atoms with Gasteiger partial charge in [0, 0.05) is 53.4 Å². The summed E-state index contributed by atoms with van der Waals surface area (Å²) in [6.07, 6.45) is 0. The molecular formula is C50H33N3S. The Hall–Kier alpha value is -6.75. The average molecular weight is 708 g/mol. The third-order valence-electron chi connectivity index (χ3n) is 10.3. The van der Waals surface area contributed by atoms with Gasteiger partial charge >= 0.3 is 0 Å². The summed E-state index contributed by atoms with van der Waals surface area (Å²) in [5.41, 5.74) is 13.9. The number of aromatic nitrogens is 3. The van der Waals surface area contributed by atoms with Gasteiger partial charge in [0.25, 0.3) is 0 Å². The lowest BCUT2D eigenvalue weighted by Crippen LogP contribution is -2.00. The number of hydrogen-bond acceptors (Lipinski definition) is 4. The van der Waals surface area contributed by atoms with Crippen LogP contribution >= 0.6 is 11.3 Å². The molecule has 4 heteroatoms. The van der Waals surface area contributed by atoms with E-state index in [2.05, 4.69) is 177 Å². The summed E-state index contributed by atoms with van der Waals surface area (Å²) in [5.74, 6) is 0.711. The van der Waals surface area contributed by atoms with Crippen molar-refractivity contribution in [1.82, 2.24) is 15.0 Å². The first-order chi connectivity index (χ1) is 26.7. The Morgan fingerprint density at radius 3 is 1.48 bits per heavy atom. The second-order valence-corrected chi connectivity index (χ2v) is 14.7. The van der Waals surface area contributed by atoms with Crippen molar-refractivity contribution in [3.05, 3.63) is 188 Å². The molecule has 0 radical (unpaired) electrons. The van der Waals surface area contributed by atoms with Gasteiger partial charge in [-0.2, -0.15) is 0 Å². The first-order valence-electron chi connectivity index (χ1n) is 18.2. The molecule has 0 N–H and O–H groups in total. The van der Waals surface area contributed by atoms with Crippen LogP contribution in [-0.4, -0.2) is 15.0 Å². The van der Waals surface area contributed by atoms with Crippen molar-refractivity contribution in [3.8, 4) is 67.4 Å². The number of rotatable bonds is 6. The van der Waals surface area contributed by atoms with Crippen molar-refractivity contribution in [1.29, 1.82) is 0 Å². The molecule has 0 aliphatic rings. The van der Waals surface area contributed by atoms with Gasteiger partial charge in [0.1, 0.15) is 0 Å². The van der Waals surface area contributed by atoms with Crippen molar-refractivity contribution in [3.63, 3.8) is 0 Å². The van der Waals surface area contributed by atoms with E-state index in [0.29, 0.717) is 5.82 Å². The maximum Gasteiger partial charge on any atom is 0.160 e. The lowest BCUT2D eigenvalue weighted by Gasteiger charge is -2.14. The average Bonchev–Trinajstić information content (AvgIpc) is 3.65. The number of hydrogen-bond donors (Lipinski definition) is 0. The van der Waals surface area contributed by atoms with Crippen LogP contribution in [0, 0.1) is 6.92 Å². The molecule has 0 amide bonds. The fraction of sp³-hybridized carbons (Fsp3) is 0.0200. The molecule has 0 atom stereocenters. The van der Waals surface area contributed by atoms with Crippen molar-refractivity contribution in [2.24, 2.45) is 0 Å². The smallest absolute Gasteiger partial charge is 0.160 e. The SMILES string of the molecule is Cc1c(-c2ccccc2)nc(-c2ccc(-c3ccccc3)cc2)nc1-c1ccc(-c2ccc3nc(-c4ccccc4)c4c5ccccc5sc4c3c2)cc1. The molecule has 3 aromatic heterocycles. The first kappa shape index (κ1) is 31.9. The first-order valence-corrected chi connectivity index (χ1v) is 19.0. The predicted molar refractivity (Wildman–Crippen MR) is 228 cm³/mol. The minimum Gasteiger partial charge on any atom is -0.247 e. The Bertz CT molecular complexity index is 2950. The van der Waals surface area contributed by atoms with E-state index in [0.717, 1.165) is 61.5 Å². The van der Waals surface area contributed by atoms with E-state index >= 15 is 0 Å².